The van der Waals surface area contributed by atoms with Gasteiger partial charge >= 0.3 is 0 Å². The Morgan fingerprint density at radius 1 is 1.18 bits per heavy atom. The number of nitrogens with one attached hydrogen (secondary N) is 2. The summed E-state index contributed by atoms with van der Waals surface area (Å²) in [5.41, 5.74) is 0.487. The van der Waals surface area contributed by atoms with E-state index in [-0.39, 0.29) is 30.5 Å². The molecule has 0 bridgehead atoms. The zero-order valence-electron chi connectivity index (χ0n) is 15.0. The van der Waals surface area contributed by atoms with Gasteiger partial charge in [-0.3, -0.25) is 14.2 Å². The summed E-state index contributed by atoms with van der Waals surface area (Å²) in [6.07, 6.45) is -0.120. The highest BCUT2D eigenvalue weighted by Crippen LogP contribution is 2.30. The Morgan fingerprint density at radius 3 is 2.79 bits per heavy atom. The highest BCUT2D eigenvalue weighted by molar-refractivity contribution is 7.71. The SMILES string of the molecule is O=C(CCn1c(=S)[nH]c2ccccc2c1=O)NC[C@H]1COc2ccccc2O1. The van der Waals surface area contributed by atoms with Gasteiger partial charge < -0.3 is 19.8 Å². The van der Waals surface area contributed by atoms with E-state index >= 15 is 0 Å². The minimum atomic E-state index is -0.259. The summed E-state index contributed by atoms with van der Waals surface area (Å²) in [5.74, 6) is 1.19. The number of hydrogen-bond donors (Lipinski definition) is 2. The van der Waals surface area contributed by atoms with Gasteiger partial charge in [0.25, 0.3) is 5.56 Å². The zero-order chi connectivity index (χ0) is 19.5. The van der Waals surface area contributed by atoms with Gasteiger partial charge in [-0.2, -0.15) is 0 Å². The van der Waals surface area contributed by atoms with Crippen LogP contribution in [0.1, 0.15) is 6.42 Å². The molecule has 0 saturated heterocycles. The van der Waals surface area contributed by atoms with Crippen molar-refractivity contribution in [2.24, 2.45) is 0 Å². The summed E-state index contributed by atoms with van der Waals surface area (Å²) >= 11 is 5.26. The van der Waals surface area contributed by atoms with Crippen molar-refractivity contribution in [3.8, 4) is 11.5 Å². The molecule has 28 heavy (non-hydrogen) atoms. The van der Waals surface area contributed by atoms with Crippen LogP contribution in [0.2, 0.25) is 0 Å². The Labute approximate surface area is 165 Å². The Balaban J connectivity index is 1.35. The molecule has 8 heteroatoms. The highest BCUT2D eigenvalue weighted by Gasteiger charge is 2.21. The topological polar surface area (TPSA) is 85.4 Å². The lowest BCUT2D eigenvalue weighted by atomic mass is 10.2. The number of ether oxygens (including phenoxy) is 2. The van der Waals surface area contributed by atoms with Gasteiger partial charge in [0.05, 0.1) is 17.4 Å². The first-order valence-electron chi connectivity index (χ1n) is 8.99. The number of rotatable bonds is 5. The number of hydrogen-bond acceptors (Lipinski definition) is 5. The van der Waals surface area contributed by atoms with Crippen molar-refractivity contribution in [1.29, 1.82) is 0 Å². The number of carbonyl (C=O) groups excluding carboxylic acids is 1. The third kappa shape index (κ3) is 3.77. The third-order valence-corrected chi connectivity index (χ3v) is 4.87. The molecule has 7 nitrogen and oxygen atoms in total. The first-order chi connectivity index (χ1) is 13.6. The fraction of sp³-hybridized carbons (Fsp3) is 0.250. The average molecular weight is 397 g/mol. The van der Waals surface area contributed by atoms with E-state index in [2.05, 4.69) is 10.3 Å². The molecule has 2 aromatic carbocycles. The van der Waals surface area contributed by atoms with Gasteiger partial charge in [0.15, 0.2) is 16.3 Å². The van der Waals surface area contributed by atoms with Crippen molar-refractivity contribution in [3.05, 3.63) is 63.7 Å². The van der Waals surface area contributed by atoms with E-state index in [4.69, 9.17) is 21.7 Å². The van der Waals surface area contributed by atoms with Crippen LogP contribution in [-0.4, -0.2) is 34.7 Å². The van der Waals surface area contributed by atoms with E-state index in [1.165, 1.54) is 4.57 Å². The van der Waals surface area contributed by atoms with Crippen LogP contribution < -0.4 is 20.3 Å². The Bertz CT molecular complexity index is 1140. The third-order valence-electron chi connectivity index (χ3n) is 4.55. The zero-order valence-corrected chi connectivity index (χ0v) is 15.8. The first-order valence-corrected chi connectivity index (χ1v) is 9.39. The maximum absolute atomic E-state index is 12.6. The van der Waals surface area contributed by atoms with Crippen molar-refractivity contribution in [2.45, 2.75) is 19.1 Å². The van der Waals surface area contributed by atoms with E-state index in [0.29, 0.717) is 40.3 Å². The van der Waals surface area contributed by atoms with E-state index in [0.717, 1.165) is 0 Å². The second kappa shape index (κ2) is 7.85. The number of benzene rings is 2. The standard InChI is InChI=1S/C20H19N3O4S/c24-18(21-11-13-12-26-16-7-3-4-8-17(16)27-13)9-10-23-19(25)14-5-1-2-6-15(14)22-20(23)28/h1-8,13H,9-12H2,(H,21,24)(H,22,28)/t13-/m0/s1. The van der Waals surface area contributed by atoms with E-state index < -0.39 is 0 Å². The van der Waals surface area contributed by atoms with Crippen molar-refractivity contribution in [2.75, 3.05) is 13.2 Å². The monoisotopic (exact) mass is 397 g/mol. The average Bonchev–Trinajstić information content (AvgIpc) is 2.72. The smallest absolute Gasteiger partial charge is 0.262 e. The van der Waals surface area contributed by atoms with Gasteiger partial charge in [0, 0.05) is 13.0 Å². The Hall–Kier alpha value is -3.13. The molecule has 2 heterocycles. The lowest BCUT2D eigenvalue weighted by molar-refractivity contribution is -0.121. The lowest BCUT2D eigenvalue weighted by Gasteiger charge is -2.26. The first kappa shape index (κ1) is 18.2. The normalized spacial score (nSPS) is 15.4. The van der Waals surface area contributed by atoms with Gasteiger partial charge in [0.1, 0.15) is 12.7 Å². The number of aromatic nitrogens is 2. The van der Waals surface area contributed by atoms with Crippen molar-refractivity contribution >= 4 is 29.0 Å². The fourth-order valence-corrected chi connectivity index (χ4v) is 3.38. The van der Waals surface area contributed by atoms with Crippen LogP contribution in [0.5, 0.6) is 11.5 Å². The maximum Gasteiger partial charge on any atom is 0.262 e. The minimum Gasteiger partial charge on any atom is -0.486 e. The van der Waals surface area contributed by atoms with Crippen LogP contribution in [0.15, 0.2) is 53.3 Å². The van der Waals surface area contributed by atoms with Crippen LogP contribution in [0.25, 0.3) is 10.9 Å². The van der Waals surface area contributed by atoms with Gasteiger partial charge in [-0.25, -0.2) is 0 Å². The number of nitrogens with zero attached hydrogens (tertiary/aromatic N) is 1. The second-order valence-electron chi connectivity index (χ2n) is 6.48. The molecule has 0 aliphatic carbocycles. The molecule has 0 saturated carbocycles. The summed E-state index contributed by atoms with van der Waals surface area (Å²) < 4.78 is 13.2. The van der Waals surface area contributed by atoms with Crippen molar-refractivity contribution in [1.82, 2.24) is 14.9 Å². The molecule has 0 unspecified atom stereocenters. The molecule has 2 N–H and O–H groups in total. The second-order valence-corrected chi connectivity index (χ2v) is 6.87. The Kier molecular flexibility index (Phi) is 5.12. The van der Waals surface area contributed by atoms with E-state index in [1.54, 1.807) is 18.2 Å². The minimum absolute atomic E-state index is 0.139. The molecule has 4 rings (SSSR count). The summed E-state index contributed by atoms with van der Waals surface area (Å²) in [7, 11) is 0. The van der Waals surface area contributed by atoms with Crippen LogP contribution in [0.4, 0.5) is 0 Å². The van der Waals surface area contributed by atoms with E-state index in [1.807, 2.05) is 30.3 Å². The quantitative estimate of drug-likeness (QED) is 0.646. The molecule has 1 atom stereocenters. The van der Waals surface area contributed by atoms with Crippen LogP contribution >= 0.6 is 12.2 Å². The number of aromatic amines is 1. The van der Waals surface area contributed by atoms with Crippen LogP contribution in [-0.2, 0) is 11.3 Å². The summed E-state index contributed by atoms with van der Waals surface area (Å²) in [6, 6.07) is 14.6. The summed E-state index contributed by atoms with van der Waals surface area (Å²) in [4.78, 5) is 27.8. The molecule has 0 radical (unpaired) electrons. The Morgan fingerprint density at radius 2 is 1.93 bits per heavy atom. The number of fused-ring (bicyclic) bond motifs is 2. The van der Waals surface area contributed by atoms with Crippen LogP contribution in [0, 0.1) is 4.77 Å². The molecule has 0 fully saturated rings. The predicted molar refractivity (Wildman–Crippen MR) is 107 cm³/mol. The summed E-state index contributed by atoms with van der Waals surface area (Å²) in [6.45, 7) is 0.898. The van der Waals surface area contributed by atoms with Crippen molar-refractivity contribution in [3.63, 3.8) is 0 Å². The van der Waals surface area contributed by atoms with Gasteiger partial charge in [-0.05, 0) is 36.5 Å². The molecule has 1 aliphatic heterocycles. The van der Waals surface area contributed by atoms with Gasteiger partial charge in [-0.15, -0.1) is 0 Å². The largest absolute Gasteiger partial charge is 0.486 e. The highest BCUT2D eigenvalue weighted by atomic mass is 32.1. The number of H-pyrrole nitrogens is 1. The number of para-hydroxylation sites is 3. The molecule has 1 amide bonds. The lowest BCUT2D eigenvalue weighted by Crippen LogP contribution is -2.41. The van der Waals surface area contributed by atoms with Gasteiger partial charge in [0.2, 0.25) is 5.91 Å². The molecule has 3 aromatic rings. The van der Waals surface area contributed by atoms with E-state index in [9.17, 15) is 9.59 Å². The predicted octanol–water partition coefficient (Wildman–Crippen LogP) is 2.41. The molecule has 144 valence electrons. The van der Waals surface area contributed by atoms with Crippen LogP contribution in [0.3, 0.4) is 0 Å². The van der Waals surface area contributed by atoms with Crippen molar-refractivity contribution < 1.29 is 14.3 Å². The summed E-state index contributed by atoms with van der Waals surface area (Å²) in [5, 5.41) is 3.37. The van der Waals surface area contributed by atoms with Gasteiger partial charge in [-0.1, -0.05) is 24.3 Å². The molecule has 1 aromatic heterocycles. The maximum atomic E-state index is 12.6. The molecular weight excluding hydrogens is 378 g/mol. The molecular formula is C20H19N3O4S. The fourth-order valence-electron chi connectivity index (χ4n) is 3.10. The number of carbonyl (C=O) groups is 1. The molecule has 1 aliphatic rings. The molecule has 0 spiro atoms. The number of amides is 1.